The van der Waals surface area contributed by atoms with Crippen molar-refractivity contribution >= 4 is 23.8 Å². The van der Waals surface area contributed by atoms with E-state index in [2.05, 4.69) is 11.5 Å². The molecule has 8 nitrogen and oxygen atoms in total. The highest BCUT2D eigenvalue weighted by Crippen LogP contribution is 2.07. The van der Waals surface area contributed by atoms with Gasteiger partial charge in [-0.05, 0) is 12.8 Å². The molecule has 1 heterocycles. The number of unbranched alkanes of at least 4 members (excludes halogenated alkanes) is 2. The average molecular weight is 271 g/mol. The molecular weight excluding hydrogens is 254 g/mol. The quantitative estimate of drug-likeness (QED) is 0.444. The molecule has 1 rings (SSSR count). The lowest BCUT2D eigenvalue weighted by atomic mass is 10.2. The summed E-state index contributed by atoms with van der Waals surface area (Å²) < 4.78 is 0. The van der Waals surface area contributed by atoms with Crippen LogP contribution in [0.1, 0.15) is 25.7 Å². The number of nitrogens with zero attached hydrogens (tertiary/aromatic N) is 1. The molecule has 1 aliphatic heterocycles. The van der Waals surface area contributed by atoms with Crippen molar-refractivity contribution in [2.45, 2.75) is 25.7 Å². The van der Waals surface area contributed by atoms with Gasteiger partial charge in [-0.2, -0.15) is 0 Å². The molecule has 0 bridgehead atoms. The minimum atomic E-state index is -0.833. The summed E-state index contributed by atoms with van der Waals surface area (Å²) in [4.78, 5) is 42.5. The Morgan fingerprint density at radius 1 is 1.05 bits per heavy atom. The van der Waals surface area contributed by atoms with Gasteiger partial charge in [-0.3, -0.25) is 19.3 Å². The van der Waals surface area contributed by atoms with Crippen LogP contribution in [0.3, 0.4) is 0 Å². The Balaban J connectivity index is 0.000000711. The Kier molecular flexibility index (Phi) is 7.59. The summed E-state index contributed by atoms with van der Waals surface area (Å²) in [7, 11) is 0. The van der Waals surface area contributed by atoms with Gasteiger partial charge >= 0.3 is 12.0 Å². The van der Waals surface area contributed by atoms with Crippen LogP contribution in [-0.4, -0.2) is 40.4 Å². The Hall–Kier alpha value is -2.38. The van der Waals surface area contributed by atoms with Crippen molar-refractivity contribution in [2.24, 2.45) is 11.5 Å². The monoisotopic (exact) mass is 271 g/mol. The smallest absolute Gasteiger partial charge is 0.309 e. The van der Waals surface area contributed by atoms with Crippen LogP contribution in [0.2, 0.25) is 0 Å². The van der Waals surface area contributed by atoms with Crippen molar-refractivity contribution in [3.05, 3.63) is 12.2 Å². The molecule has 8 heteroatoms. The molecular formula is C11H17N3O5. The molecule has 0 atom stereocenters. The summed E-state index contributed by atoms with van der Waals surface area (Å²) in [6.45, 7) is 0.379. The number of carbonyl (C=O) groups excluding carboxylic acids is 3. The summed E-state index contributed by atoms with van der Waals surface area (Å²) >= 11 is 0. The molecule has 0 radical (unpaired) electrons. The fourth-order valence-electron chi connectivity index (χ4n) is 1.37. The molecule has 0 aromatic heterocycles. The molecule has 1 aliphatic rings. The molecule has 0 aliphatic carbocycles. The predicted octanol–water partition coefficient (Wildman–Crippen LogP) is -0.420. The van der Waals surface area contributed by atoms with Crippen LogP contribution in [0.5, 0.6) is 0 Å². The predicted molar refractivity (Wildman–Crippen MR) is 65.7 cm³/mol. The molecule has 0 spiro atoms. The maximum absolute atomic E-state index is 11.1. The first kappa shape index (κ1) is 16.6. The number of urea groups is 1. The minimum Gasteiger partial charge on any atom is -0.481 e. The van der Waals surface area contributed by atoms with Gasteiger partial charge in [0.1, 0.15) is 0 Å². The number of amides is 4. The number of imide groups is 1. The third-order valence-electron chi connectivity index (χ3n) is 2.17. The van der Waals surface area contributed by atoms with E-state index >= 15 is 0 Å². The highest BCUT2D eigenvalue weighted by molar-refractivity contribution is 6.12. The number of carboxylic acids is 1. The summed E-state index contributed by atoms with van der Waals surface area (Å²) in [6.07, 6.45) is 4.59. The lowest BCUT2D eigenvalue weighted by Gasteiger charge is -2.12. The van der Waals surface area contributed by atoms with Gasteiger partial charge in [0.2, 0.25) is 0 Å². The van der Waals surface area contributed by atoms with E-state index < -0.39 is 12.0 Å². The molecule has 0 aromatic carbocycles. The van der Waals surface area contributed by atoms with Gasteiger partial charge in [-0.15, -0.1) is 0 Å². The van der Waals surface area contributed by atoms with Crippen molar-refractivity contribution in [3.63, 3.8) is 0 Å². The Bertz CT molecular complexity index is 370. The van der Waals surface area contributed by atoms with Gasteiger partial charge < -0.3 is 16.6 Å². The molecule has 4 amide bonds. The summed E-state index contributed by atoms with van der Waals surface area (Å²) in [6, 6.07) is -0.833. The van der Waals surface area contributed by atoms with Crippen molar-refractivity contribution in [1.82, 2.24) is 4.90 Å². The first-order chi connectivity index (χ1) is 8.84. The van der Waals surface area contributed by atoms with E-state index in [1.165, 1.54) is 17.1 Å². The van der Waals surface area contributed by atoms with Crippen LogP contribution in [0.25, 0.3) is 0 Å². The molecule has 0 unspecified atom stereocenters. The molecule has 19 heavy (non-hydrogen) atoms. The second-order valence-corrected chi connectivity index (χ2v) is 3.77. The van der Waals surface area contributed by atoms with Gasteiger partial charge in [0.05, 0.1) is 0 Å². The van der Waals surface area contributed by atoms with Crippen molar-refractivity contribution in [3.8, 4) is 0 Å². The van der Waals surface area contributed by atoms with Gasteiger partial charge in [-0.1, -0.05) is 6.42 Å². The number of hydrogen-bond donors (Lipinski definition) is 3. The topological polar surface area (TPSA) is 144 Å². The van der Waals surface area contributed by atoms with E-state index in [1.807, 2.05) is 0 Å². The summed E-state index contributed by atoms with van der Waals surface area (Å²) in [5, 5.41) is 8.38. The molecule has 0 saturated heterocycles. The highest BCUT2D eigenvalue weighted by Gasteiger charge is 2.22. The molecule has 0 saturated carbocycles. The highest BCUT2D eigenvalue weighted by atomic mass is 16.4. The molecule has 0 aromatic rings. The number of hydrogen-bond acceptors (Lipinski definition) is 4. The van der Waals surface area contributed by atoms with Crippen molar-refractivity contribution in [1.29, 1.82) is 0 Å². The normalized spacial score (nSPS) is 13.2. The first-order valence-corrected chi connectivity index (χ1v) is 5.65. The second kappa shape index (κ2) is 8.67. The summed E-state index contributed by atoms with van der Waals surface area (Å²) in [5.41, 5.74) is 8.50. The number of rotatable bonds is 6. The molecule has 0 fully saturated rings. The molecule has 106 valence electrons. The maximum Gasteiger partial charge on any atom is 0.309 e. The second-order valence-electron chi connectivity index (χ2n) is 3.77. The van der Waals surface area contributed by atoms with Crippen molar-refractivity contribution < 1.29 is 24.3 Å². The average Bonchev–Trinajstić information content (AvgIpc) is 2.58. The Morgan fingerprint density at radius 3 is 1.95 bits per heavy atom. The fourth-order valence-corrected chi connectivity index (χ4v) is 1.37. The maximum atomic E-state index is 11.1. The SMILES string of the molecule is NC(N)=O.O=C(O)CCCCCN1C(=O)C=CC1=O. The van der Waals surface area contributed by atoms with E-state index in [9.17, 15) is 14.4 Å². The van der Waals surface area contributed by atoms with E-state index in [0.29, 0.717) is 25.8 Å². The van der Waals surface area contributed by atoms with Crippen LogP contribution >= 0.6 is 0 Å². The van der Waals surface area contributed by atoms with E-state index in [4.69, 9.17) is 9.90 Å². The van der Waals surface area contributed by atoms with Crippen LogP contribution in [0.15, 0.2) is 12.2 Å². The van der Waals surface area contributed by atoms with Crippen LogP contribution < -0.4 is 11.5 Å². The van der Waals surface area contributed by atoms with E-state index in [-0.39, 0.29) is 18.2 Å². The standard InChI is InChI=1S/C10H13NO4.CH4N2O/c12-8-5-6-9(13)11(8)7-3-1-2-4-10(14)15;2-1(3)4/h5-6H,1-4,7H2,(H,14,15);(H4,2,3,4). The summed E-state index contributed by atoms with van der Waals surface area (Å²) in [5.74, 6) is -1.37. The zero-order valence-corrected chi connectivity index (χ0v) is 10.4. The zero-order chi connectivity index (χ0) is 14.8. The lowest BCUT2D eigenvalue weighted by Crippen LogP contribution is -2.30. The van der Waals surface area contributed by atoms with E-state index in [0.717, 1.165) is 0 Å². The van der Waals surface area contributed by atoms with Crippen LogP contribution in [-0.2, 0) is 14.4 Å². The third kappa shape index (κ3) is 8.36. The first-order valence-electron chi connectivity index (χ1n) is 5.65. The number of aliphatic carboxylic acids is 1. The zero-order valence-electron chi connectivity index (χ0n) is 10.4. The number of nitrogens with two attached hydrogens (primary N) is 2. The van der Waals surface area contributed by atoms with Crippen LogP contribution in [0, 0.1) is 0 Å². The Labute approximate surface area is 110 Å². The van der Waals surface area contributed by atoms with Gasteiger partial charge in [-0.25, -0.2) is 4.79 Å². The van der Waals surface area contributed by atoms with Crippen molar-refractivity contribution in [2.75, 3.05) is 6.54 Å². The van der Waals surface area contributed by atoms with E-state index in [1.54, 1.807) is 0 Å². The fraction of sp³-hybridized carbons (Fsp3) is 0.455. The third-order valence-corrected chi connectivity index (χ3v) is 2.17. The lowest BCUT2D eigenvalue weighted by molar-refractivity contribution is -0.138. The largest absolute Gasteiger partial charge is 0.481 e. The van der Waals surface area contributed by atoms with Gasteiger partial charge in [0, 0.05) is 25.1 Å². The molecule has 5 N–H and O–H groups in total. The van der Waals surface area contributed by atoms with Crippen LogP contribution in [0.4, 0.5) is 4.79 Å². The van der Waals surface area contributed by atoms with Gasteiger partial charge in [0.15, 0.2) is 0 Å². The number of primary amides is 2. The Morgan fingerprint density at radius 2 is 1.53 bits per heavy atom. The number of carboxylic acid groups (broad SMARTS) is 1. The number of carbonyl (C=O) groups is 4. The van der Waals surface area contributed by atoms with Gasteiger partial charge in [0.25, 0.3) is 11.8 Å². The minimum absolute atomic E-state index is 0.139.